The van der Waals surface area contributed by atoms with Gasteiger partial charge < -0.3 is 14.6 Å². The van der Waals surface area contributed by atoms with Crippen molar-refractivity contribution in [2.24, 2.45) is 0 Å². The zero-order valence-corrected chi connectivity index (χ0v) is 12.4. The number of unbranched alkanes of at least 4 members (excludes halogenated alkanes) is 3. The van der Waals surface area contributed by atoms with Crippen LogP contribution in [0.1, 0.15) is 44.6 Å². The third-order valence-corrected chi connectivity index (χ3v) is 3.13. The maximum atomic E-state index is 10.7. The Morgan fingerprint density at radius 3 is 2.70 bits per heavy atom. The van der Waals surface area contributed by atoms with Crippen molar-refractivity contribution in [3.8, 4) is 11.5 Å². The molecule has 0 atom stereocenters. The fraction of sp³-hybridized carbons (Fsp3) is 0.562. The molecule has 0 aliphatic rings. The smallest absolute Gasteiger partial charge is 0.303 e. The van der Waals surface area contributed by atoms with E-state index >= 15 is 0 Å². The summed E-state index contributed by atoms with van der Waals surface area (Å²) in [5.41, 5.74) is 0.891. The highest BCUT2D eigenvalue weighted by atomic mass is 16.5. The molecule has 0 aromatic heterocycles. The summed E-state index contributed by atoms with van der Waals surface area (Å²) >= 11 is 0. The molecule has 1 aromatic rings. The van der Waals surface area contributed by atoms with Gasteiger partial charge in [0.05, 0.1) is 13.7 Å². The summed E-state index contributed by atoms with van der Waals surface area (Å²) in [5.74, 6) is 0.554. The van der Waals surface area contributed by atoms with Crippen LogP contribution < -0.4 is 9.47 Å². The van der Waals surface area contributed by atoms with Crippen LogP contribution in [0.15, 0.2) is 18.2 Å². The number of methoxy groups -OCH3 is 1. The maximum absolute atomic E-state index is 10.7. The normalized spacial score (nSPS) is 10.3. The Morgan fingerprint density at radius 1 is 1.25 bits per heavy atom. The summed E-state index contributed by atoms with van der Waals surface area (Å²) in [7, 11) is 1.60. The Bertz CT molecular complexity index is 415. The Labute approximate surface area is 120 Å². The number of carboxylic acid groups (broad SMARTS) is 1. The van der Waals surface area contributed by atoms with E-state index in [0.29, 0.717) is 24.5 Å². The zero-order valence-electron chi connectivity index (χ0n) is 12.4. The number of benzene rings is 1. The average molecular weight is 280 g/mol. The Hall–Kier alpha value is -1.71. The first-order valence-electron chi connectivity index (χ1n) is 7.19. The van der Waals surface area contributed by atoms with Gasteiger partial charge in [0, 0.05) is 6.42 Å². The summed E-state index contributed by atoms with van der Waals surface area (Å²) in [6.45, 7) is 2.81. The second-order valence-electron chi connectivity index (χ2n) is 4.75. The van der Waals surface area contributed by atoms with Crippen LogP contribution in [-0.4, -0.2) is 24.8 Å². The third kappa shape index (κ3) is 5.51. The second kappa shape index (κ2) is 9.23. The molecule has 0 unspecified atom stereocenters. The standard InChI is InChI=1S/C16H24O4/c1-3-4-5-6-12-20-16-13(10-11-15(17)18)8-7-9-14(16)19-2/h7-9H,3-6,10-12H2,1-2H3,(H,17,18). The van der Waals surface area contributed by atoms with Gasteiger partial charge in [-0.05, 0) is 24.5 Å². The molecule has 0 aliphatic carbocycles. The molecule has 1 rings (SSSR count). The number of aliphatic carboxylic acids is 1. The average Bonchev–Trinajstić information content (AvgIpc) is 2.45. The molecule has 0 fully saturated rings. The summed E-state index contributed by atoms with van der Waals surface area (Å²) < 4.78 is 11.1. The molecule has 4 nitrogen and oxygen atoms in total. The van der Waals surface area contributed by atoms with Crippen molar-refractivity contribution < 1.29 is 19.4 Å². The third-order valence-electron chi connectivity index (χ3n) is 3.13. The van der Waals surface area contributed by atoms with E-state index in [0.717, 1.165) is 18.4 Å². The molecule has 112 valence electrons. The van der Waals surface area contributed by atoms with E-state index in [-0.39, 0.29) is 6.42 Å². The van der Waals surface area contributed by atoms with Gasteiger partial charge in [-0.3, -0.25) is 4.79 Å². The van der Waals surface area contributed by atoms with Gasteiger partial charge in [-0.15, -0.1) is 0 Å². The number of carboxylic acids is 1. The van der Waals surface area contributed by atoms with Crippen LogP contribution in [0, 0.1) is 0 Å². The molecule has 0 saturated heterocycles. The summed E-state index contributed by atoms with van der Waals surface area (Å²) in [6, 6.07) is 5.60. The molecule has 0 saturated carbocycles. The number of carbonyl (C=O) groups is 1. The van der Waals surface area contributed by atoms with Gasteiger partial charge in [0.1, 0.15) is 0 Å². The molecular weight excluding hydrogens is 256 g/mol. The van der Waals surface area contributed by atoms with Gasteiger partial charge in [0.15, 0.2) is 11.5 Å². The fourth-order valence-corrected chi connectivity index (χ4v) is 2.03. The molecule has 0 amide bonds. The highest BCUT2D eigenvalue weighted by molar-refractivity contribution is 5.67. The molecular formula is C16H24O4. The predicted octanol–water partition coefficient (Wildman–Crippen LogP) is 3.67. The van der Waals surface area contributed by atoms with Crippen molar-refractivity contribution in [1.29, 1.82) is 0 Å². The van der Waals surface area contributed by atoms with Gasteiger partial charge in [-0.2, -0.15) is 0 Å². The number of rotatable bonds is 10. The van der Waals surface area contributed by atoms with E-state index in [1.807, 2.05) is 18.2 Å². The SMILES string of the molecule is CCCCCCOc1c(CCC(=O)O)cccc1OC. The molecule has 1 N–H and O–H groups in total. The van der Waals surface area contributed by atoms with Crippen LogP contribution in [0.3, 0.4) is 0 Å². The first-order chi connectivity index (χ1) is 9.69. The van der Waals surface area contributed by atoms with Crippen LogP contribution >= 0.6 is 0 Å². The van der Waals surface area contributed by atoms with E-state index < -0.39 is 5.97 Å². The van der Waals surface area contributed by atoms with E-state index in [1.165, 1.54) is 12.8 Å². The van der Waals surface area contributed by atoms with Crippen molar-refractivity contribution in [2.45, 2.75) is 45.4 Å². The predicted molar refractivity (Wildman–Crippen MR) is 78.6 cm³/mol. The van der Waals surface area contributed by atoms with Crippen LogP contribution in [-0.2, 0) is 11.2 Å². The molecule has 0 bridgehead atoms. The van der Waals surface area contributed by atoms with Crippen LogP contribution in [0.4, 0.5) is 0 Å². The van der Waals surface area contributed by atoms with E-state index in [1.54, 1.807) is 7.11 Å². The highest BCUT2D eigenvalue weighted by Crippen LogP contribution is 2.32. The van der Waals surface area contributed by atoms with Crippen molar-refractivity contribution in [2.75, 3.05) is 13.7 Å². The van der Waals surface area contributed by atoms with Gasteiger partial charge >= 0.3 is 5.97 Å². The summed E-state index contributed by atoms with van der Waals surface area (Å²) in [6.07, 6.45) is 5.11. The van der Waals surface area contributed by atoms with Crippen LogP contribution in [0.2, 0.25) is 0 Å². The van der Waals surface area contributed by atoms with Gasteiger partial charge in [0.25, 0.3) is 0 Å². The van der Waals surface area contributed by atoms with E-state index in [9.17, 15) is 4.79 Å². The van der Waals surface area contributed by atoms with Gasteiger partial charge in [-0.25, -0.2) is 0 Å². The fourth-order valence-electron chi connectivity index (χ4n) is 2.03. The minimum atomic E-state index is -0.804. The number of aryl methyl sites for hydroxylation is 1. The lowest BCUT2D eigenvalue weighted by molar-refractivity contribution is -0.136. The number of ether oxygens (including phenoxy) is 2. The lowest BCUT2D eigenvalue weighted by Gasteiger charge is -2.14. The second-order valence-corrected chi connectivity index (χ2v) is 4.75. The van der Waals surface area contributed by atoms with E-state index in [4.69, 9.17) is 14.6 Å². The van der Waals surface area contributed by atoms with Crippen LogP contribution in [0.25, 0.3) is 0 Å². The zero-order chi connectivity index (χ0) is 14.8. The van der Waals surface area contributed by atoms with E-state index in [2.05, 4.69) is 6.92 Å². The van der Waals surface area contributed by atoms with Gasteiger partial charge in [0.2, 0.25) is 0 Å². The number of hydrogen-bond donors (Lipinski definition) is 1. The topological polar surface area (TPSA) is 55.8 Å². The lowest BCUT2D eigenvalue weighted by Crippen LogP contribution is -2.04. The largest absolute Gasteiger partial charge is 0.493 e. The van der Waals surface area contributed by atoms with Crippen molar-refractivity contribution in [1.82, 2.24) is 0 Å². The Morgan fingerprint density at radius 2 is 2.05 bits per heavy atom. The molecule has 1 aromatic carbocycles. The quantitative estimate of drug-likeness (QED) is 0.664. The molecule has 0 radical (unpaired) electrons. The number of hydrogen-bond acceptors (Lipinski definition) is 3. The van der Waals surface area contributed by atoms with Crippen molar-refractivity contribution >= 4 is 5.97 Å². The first-order valence-corrected chi connectivity index (χ1v) is 7.19. The summed E-state index contributed by atoms with van der Waals surface area (Å²) in [4.78, 5) is 10.7. The molecule has 0 aliphatic heterocycles. The monoisotopic (exact) mass is 280 g/mol. The van der Waals surface area contributed by atoms with Crippen molar-refractivity contribution in [3.05, 3.63) is 23.8 Å². The summed E-state index contributed by atoms with van der Waals surface area (Å²) in [5, 5.41) is 8.79. The molecule has 20 heavy (non-hydrogen) atoms. The maximum Gasteiger partial charge on any atom is 0.303 e. The Kier molecular flexibility index (Phi) is 7.55. The number of para-hydroxylation sites is 1. The lowest BCUT2D eigenvalue weighted by atomic mass is 10.1. The van der Waals surface area contributed by atoms with Crippen LogP contribution in [0.5, 0.6) is 11.5 Å². The Balaban J connectivity index is 2.66. The molecule has 0 spiro atoms. The molecule has 4 heteroatoms. The first kappa shape index (κ1) is 16.3. The van der Waals surface area contributed by atoms with Gasteiger partial charge in [-0.1, -0.05) is 38.3 Å². The highest BCUT2D eigenvalue weighted by Gasteiger charge is 2.11. The van der Waals surface area contributed by atoms with Crippen molar-refractivity contribution in [3.63, 3.8) is 0 Å². The minimum Gasteiger partial charge on any atom is -0.493 e. The minimum absolute atomic E-state index is 0.0966. The molecule has 0 heterocycles.